The number of aryl methyl sites for hydroxylation is 1. The van der Waals surface area contributed by atoms with E-state index in [1.807, 2.05) is 14.0 Å². The van der Waals surface area contributed by atoms with Gasteiger partial charge in [-0.3, -0.25) is 0 Å². The van der Waals surface area contributed by atoms with Crippen LogP contribution in [0.1, 0.15) is 21.5 Å². The summed E-state index contributed by atoms with van der Waals surface area (Å²) in [7, 11) is 3.49. The predicted molar refractivity (Wildman–Crippen MR) is 114 cm³/mol. The first-order valence-electron chi connectivity index (χ1n) is 8.92. The molecule has 10 heteroatoms. The number of ether oxygens (including phenoxy) is 1. The third-order valence-corrected chi connectivity index (χ3v) is 4.18. The van der Waals surface area contributed by atoms with Crippen LogP contribution in [0.25, 0.3) is 0 Å². The van der Waals surface area contributed by atoms with Crippen molar-refractivity contribution >= 4 is 35.8 Å². The monoisotopic (exact) mass is 436 g/mol. The number of aromatic carboxylic acids is 1. The highest BCUT2D eigenvalue weighted by molar-refractivity contribution is 5.91. The van der Waals surface area contributed by atoms with Gasteiger partial charge in [0.1, 0.15) is 17.9 Å². The van der Waals surface area contributed by atoms with E-state index in [0.717, 1.165) is 11.1 Å². The molecule has 2 aromatic rings. The molecular weight excluding hydrogens is 412 g/mol. The SMILES string of the molecule is CNCCN(C)C(=O)OCc1ccc(N=Nc2ccc(O)c(C(=O)O)c2)cc1C.Cl. The molecule has 2 aromatic carbocycles. The number of halogens is 1. The van der Waals surface area contributed by atoms with Crippen molar-refractivity contribution in [2.24, 2.45) is 10.2 Å². The molecular formula is C20H25ClN4O5. The quantitative estimate of drug-likeness (QED) is 0.537. The fourth-order valence-corrected chi connectivity index (χ4v) is 2.40. The Hall–Kier alpha value is -3.17. The first kappa shape index (κ1) is 24.9. The second-order valence-corrected chi connectivity index (χ2v) is 6.40. The molecule has 0 unspecified atom stereocenters. The molecule has 0 atom stereocenters. The summed E-state index contributed by atoms with van der Waals surface area (Å²) < 4.78 is 5.31. The van der Waals surface area contributed by atoms with Gasteiger partial charge in [0.2, 0.25) is 0 Å². The zero-order valence-electron chi connectivity index (χ0n) is 17.0. The molecule has 2 rings (SSSR count). The van der Waals surface area contributed by atoms with Crippen LogP contribution in [0.2, 0.25) is 0 Å². The molecule has 0 spiro atoms. The predicted octanol–water partition coefficient (Wildman–Crippen LogP) is 4.02. The number of aromatic hydroxyl groups is 1. The normalized spacial score (nSPS) is 10.5. The minimum atomic E-state index is -1.24. The molecule has 30 heavy (non-hydrogen) atoms. The molecule has 0 aromatic heterocycles. The molecule has 0 fully saturated rings. The summed E-state index contributed by atoms with van der Waals surface area (Å²) >= 11 is 0. The second-order valence-electron chi connectivity index (χ2n) is 6.40. The molecule has 162 valence electrons. The number of hydrogen-bond donors (Lipinski definition) is 3. The van der Waals surface area contributed by atoms with E-state index < -0.39 is 12.1 Å². The van der Waals surface area contributed by atoms with E-state index in [1.54, 1.807) is 25.2 Å². The van der Waals surface area contributed by atoms with Crippen LogP contribution in [0.5, 0.6) is 5.75 Å². The number of likely N-dealkylation sites (N-methyl/N-ethyl adjacent to an activating group) is 2. The molecule has 0 aliphatic carbocycles. The minimum Gasteiger partial charge on any atom is -0.507 e. The molecule has 1 amide bonds. The van der Waals surface area contributed by atoms with Crippen molar-refractivity contribution in [3.05, 3.63) is 53.1 Å². The van der Waals surface area contributed by atoms with E-state index in [1.165, 1.54) is 23.1 Å². The van der Waals surface area contributed by atoms with Gasteiger partial charge in [-0.05, 0) is 55.4 Å². The number of rotatable bonds is 8. The zero-order chi connectivity index (χ0) is 21.4. The highest BCUT2D eigenvalue weighted by atomic mass is 35.5. The smallest absolute Gasteiger partial charge is 0.409 e. The summed E-state index contributed by atoms with van der Waals surface area (Å²) in [4.78, 5) is 24.5. The van der Waals surface area contributed by atoms with Crippen LogP contribution in [0, 0.1) is 6.92 Å². The van der Waals surface area contributed by atoms with Crippen molar-refractivity contribution in [3.8, 4) is 5.75 Å². The lowest BCUT2D eigenvalue weighted by molar-refractivity contribution is 0.0693. The minimum absolute atomic E-state index is 0. The van der Waals surface area contributed by atoms with Gasteiger partial charge < -0.3 is 25.2 Å². The van der Waals surface area contributed by atoms with Crippen LogP contribution in [-0.4, -0.2) is 54.4 Å². The van der Waals surface area contributed by atoms with Crippen molar-refractivity contribution in [3.63, 3.8) is 0 Å². The van der Waals surface area contributed by atoms with Gasteiger partial charge in [0.25, 0.3) is 0 Å². The number of hydrogen-bond acceptors (Lipinski definition) is 7. The maximum absolute atomic E-state index is 11.9. The largest absolute Gasteiger partial charge is 0.507 e. The van der Waals surface area contributed by atoms with Crippen LogP contribution >= 0.6 is 12.4 Å². The molecule has 0 aliphatic heterocycles. The van der Waals surface area contributed by atoms with Crippen LogP contribution < -0.4 is 5.32 Å². The molecule has 0 bridgehead atoms. The Bertz CT molecular complexity index is 920. The fourth-order valence-electron chi connectivity index (χ4n) is 2.40. The van der Waals surface area contributed by atoms with E-state index in [4.69, 9.17) is 9.84 Å². The molecule has 0 aliphatic rings. The number of carboxylic acid groups (broad SMARTS) is 1. The van der Waals surface area contributed by atoms with Crippen LogP contribution in [0.3, 0.4) is 0 Å². The topological polar surface area (TPSA) is 124 Å². The molecule has 0 heterocycles. The number of nitrogens with one attached hydrogen (secondary N) is 1. The molecule has 0 radical (unpaired) electrons. The van der Waals surface area contributed by atoms with Crippen molar-refractivity contribution < 1.29 is 24.5 Å². The number of nitrogens with zero attached hydrogens (tertiary/aromatic N) is 3. The van der Waals surface area contributed by atoms with E-state index in [-0.39, 0.29) is 30.3 Å². The third-order valence-electron chi connectivity index (χ3n) is 4.18. The Balaban J connectivity index is 0.00000450. The van der Waals surface area contributed by atoms with Crippen LogP contribution in [0.4, 0.5) is 16.2 Å². The van der Waals surface area contributed by atoms with Gasteiger partial charge in [-0.1, -0.05) is 6.07 Å². The highest BCUT2D eigenvalue weighted by Crippen LogP contribution is 2.26. The number of benzene rings is 2. The molecule has 0 saturated carbocycles. The Kier molecular flexibility index (Phi) is 9.73. The Morgan fingerprint density at radius 2 is 1.77 bits per heavy atom. The standard InChI is InChI=1S/C20H24N4O5.ClH/c1-13-10-15(22-23-16-6-7-18(25)17(11-16)19(26)27)5-4-14(13)12-29-20(28)24(3)9-8-21-2;/h4-7,10-11,21,25H,8-9,12H2,1-3H3,(H,26,27);1H. The second kappa shape index (κ2) is 11.7. The van der Waals surface area contributed by atoms with E-state index in [2.05, 4.69) is 15.5 Å². The van der Waals surface area contributed by atoms with Crippen LogP contribution in [0.15, 0.2) is 46.6 Å². The number of carbonyl (C=O) groups excluding carboxylic acids is 1. The van der Waals surface area contributed by atoms with Gasteiger partial charge in [0.05, 0.1) is 11.4 Å². The van der Waals surface area contributed by atoms with E-state index >= 15 is 0 Å². The maximum atomic E-state index is 11.9. The number of carbonyl (C=O) groups is 2. The summed E-state index contributed by atoms with van der Waals surface area (Å²) in [6.45, 7) is 3.25. The summed E-state index contributed by atoms with van der Waals surface area (Å²) in [6.07, 6.45) is -0.398. The van der Waals surface area contributed by atoms with Crippen LogP contribution in [-0.2, 0) is 11.3 Å². The van der Waals surface area contributed by atoms with Gasteiger partial charge in [-0.15, -0.1) is 12.4 Å². The van der Waals surface area contributed by atoms with Gasteiger partial charge in [-0.25, -0.2) is 9.59 Å². The van der Waals surface area contributed by atoms with Crippen molar-refractivity contribution in [2.45, 2.75) is 13.5 Å². The van der Waals surface area contributed by atoms with Crippen molar-refractivity contribution in [2.75, 3.05) is 27.2 Å². The number of azo groups is 1. The summed E-state index contributed by atoms with van der Waals surface area (Å²) in [5, 5.41) is 29.6. The zero-order valence-corrected chi connectivity index (χ0v) is 17.8. The Morgan fingerprint density at radius 3 is 2.37 bits per heavy atom. The Morgan fingerprint density at radius 1 is 1.13 bits per heavy atom. The van der Waals surface area contributed by atoms with E-state index in [9.17, 15) is 14.7 Å². The third kappa shape index (κ3) is 7.02. The molecule has 3 N–H and O–H groups in total. The lowest BCUT2D eigenvalue weighted by atomic mass is 10.1. The van der Waals surface area contributed by atoms with Gasteiger partial charge in [-0.2, -0.15) is 10.2 Å². The number of carboxylic acids is 1. The number of amides is 1. The van der Waals surface area contributed by atoms with Gasteiger partial charge in [0, 0.05) is 20.1 Å². The Labute approximate surface area is 180 Å². The van der Waals surface area contributed by atoms with E-state index in [0.29, 0.717) is 24.5 Å². The summed E-state index contributed by atoms with van der Waals surface area (Å²) in [5.74, 6) is -1.58. The first-order valence-corrected chi connectivity index (χ1v) is 8.92. The van der Waals surface area contributed by atoms with Crippen molar-refractivity contribution in [1.29, 1.82) is 0 Å². The lowest BCUT2D eigenvalue weighted by Crippen LogP contribution is -2.33. The lowest BCUT2D eigenvalue weighted by Gasteiger charge is -2.17. The fraction of sp³-hybridized carbons (Fsp3) is 0.300. The average molecular weight is 437 g/mol. The van der Waals surface area contributed by atoms with Crippen molar-refractivity contribution in [1.82, 2.24) is 10.2 Å². The highest BCUT2D eigenvalue weighted by Gasteiger charge is 2.11. The maximum Gasteiger partial charge on any atom is 0.409 e. The van der Waals surface area contributed by atoms with Gasteiger partial charge in [0.15, 0.2) is 0 Å². The number of phenols is 1. The van der Waals surface area contributed by atoms with Gasteiger partial charge >= 0.3 is 12.1 Å². The summed E-state index contributed by atoms with van der Waals surface area (Å²) in [6, 6.07) is 9.28. The summed E-state index contributed by atoms with van der Waals surface area (Å²) in [5.41, 5.74) is 2.35. The molecule has 0 saturated heterocycles. The molecule has 9 nitrogen and oxygen atoms in total. The average Bonchev–Trinajstić information content (AvgIpc) is 2.70. The first-order chi connectivity index (χ1) is 13.8.